The molecule has 0 saturated carbocycles. The second-order valence-corrected chi connectivity index (χ2v) is 7.93. The van der Waals surface area contributed by atoms with Crippen LogP contribution in [0.4, 0.5) is 5.69 Å². The lowest BCUT2D eigenvalue weighted by Crippen LogP contribution is -2.20. The van der Waals surface area contributed by atoms with E-state index in [1.54, 1.807) is 12.4 Å². The maximum atomic E-state index is 12.2. The number of benzene rings is 1. The van der Waals surface area contributed by atoms with Gasteiger partial charge in [0.25, 0.3) is 5.91 Å². The average Bonchev–Trinajstić information content (AvgIpc) is 3.03. The molecule has 1 N–H and O–H groups in total. The van der Waals surface area contributed by atoms with Gasteiger partial charge < -0.3 is 10.1 Å². The summed E-state index contributed by atoms with van der Waals surface area (Å²) < 4.78 is 7.43. The number of nitrogens with one attached hydrogen (secondary N) is 1. The number of aromatic nitrogens is 3. The second kappa shape index (κ2) is 7.39. The number of fused-ring (bicyclic) bond motifs is 1. The van der Waals surface area contributed by atoms with Crippen LogP contribution in [0, 0.1) is 0 Å². The van der Waals surface area contributed by atoms with Gasteiger partial charge in [-0.2, -0.15) is 5.10 Å². The molecule has 0 aliphatic carbocycles. The summed E-state index contributed by atoms with van der Waals surface area (Å²) in [6.45, 7) is 10.5. The molecule has 6 nitrogen and oxygen atoms in total. The summed E-state index contributed by atoms with van der Waals surface area (Å²) in [5.74, 6) is 0.442. The molecule has 0 saturated heterocycles. The lowest BCUT2D eigenvalue weighted by Gasteiger charge is -2.19. The highest BCUT2D eigenvalue weighted by molar-refractivity contribution is 5.93. The van der Waals surface area contributed by atoms with Gasteiger partial charge in [-0.3, -0.25) is 4.79 Å². The summed E-state index contributed by atoms with van der Waals surface area (Å²) in [5, 5.41) is 8.04. The van der Waals surface area contributed by atoms with Crippen molar-refractivity contribution in [1.29, 1.82) is 0 Å². The Bertz CT molecular complexity index is 937. The Morgan fingerprint density at radius 3 is 2.52 bits per heavy atom. The molecule has 0 atom stereocenters. The lowest BCUT2D eigenvalue weighted by molar-refractivity contribution is -0.118. The van der Waals surface area contributed by atoms with E-state index in [-0.39, 0.29) is 24.0 Å². The van der Waals surface area contributed by atoms with E-state index in [1.165, 1.54) is 5.56 Å². The number of carbonyl (C=O) groups excluding carboxylic acids is 1. The minimum atomic E-state index is -0.229. The van der Waals surface area contributed by atoms with Gasteiger partial charge >= 0.3 is 0 Å². The van der Waals surface area contributed by atoms with E-state index < -0.39 is 0 Å². The van der Waals surface area contributed by atoms with Crippen LogP contribution in [0.3, 0.4) is 0 Å². The number of amides is 1. The first-order valence-corrected chi connectivity index (χ1v) is 9.10. The summed E-state index contributed by atoms with van der Waals surface area (Å²) in [5.41, 5.74) is 2.74. The molecule has 1 aromatic carbocycles. The smallest absolute Gasteiger partial charge is 0.262 e. The predicted molar refractivity (Wildman–Crippen MR) is 107 cm³/mol. The zero-order valence-corrected chi connectivity index (χ0v) is 16.5. The van der Waals surface area contributed by atoms with Crippen molar-refractivity contribution in [3.05, 3.63) is 48.3 Å². The monoisotopic (exact) mass is 366 g/mol. The molecule has 0 spiro atoms. The average molecular weight is 366 g/mol. The largest absolute Gasteiger partial charge is 0.484 e. The van der Waals surface area contributed by atoms with E-state index in [0.717, 1.165) is 11.0 Å². The molecule has 0 aliphatic rings. The molecule has 0 radical (unpaired) electrons. The SMILES string of the molecule is CC(C)n1ncc2cc(NC(=O)COc3ccc(C(C)(C)C)cc3)cnc21. The Kier molecular flexibility index (Phi) is 5.17. The van der Waals surface area contributed by atoms with Crippen molar-refractivity contribution in [2.45, 2.75) is 46.1 Å². The van der Waals surface area contributed by atoms with Crippen LogP contribution >= 0.6 is 0 Å². The standard InChI is InChI=1S/C21H26N4O2/c1-14(2)25-20-15(11-23-25)10-17(12-22-20)24-19(26)13-27-18-8-6-16(7-9-18)21(3,4)5/h6-12,14H,13H2,1-5H3,(H,24,26). The molecule has 2 aromatic heterocycles. The summed E-state index contributed by atoms with van der Waals surface area (Å²) in [7, 11) is 0. The number of hydrogen-bond donors (Lipinski definition) is 1. The molecule has 3 aromatic rings. The summed E-state index contributed by atoms with van der Waals surface area (Å²) in [4.78, 5) is 16.6. The highest BCUT2D eigenvalue weighted by atomic mass is 16.5. The van der Waals surface area contributed by atoms with Crippen LogP contribution in [0.25, 0.3) is 11.0 Å². The fraction of sp³-hybridized carbons (Fsp3) is 0.381. The van der Waals surface area contributed by atoms with Crippen LogP contribution in [0.1, 0.15) is 46.2 Å². The summed E-state index contributed by atoms with van der Waals surface area (Å²) in [6, 6.07) is 9.93. The van der Waals surface area contributed by atoms with Gasteiger partial charge in [-0.05, 0) is 43.0 Å². The minimum Gasteiger partial charge on any atom is -0.484 e. The zero-order valence-electron chi connectivity index (χ0n) is 16.5. The number of nitrogens with zero attached hydrogens (tertiary/aromatic N) is 3. The Labute approximate surface area is 159 Å². The minimum absolute atomic E-state index is 0.0574. The first kappa shape index (κ1) is 18.9. The van der Waals surface area contributed by atoms with E-state index in [4.69, 9.17) is 4.74 Å². The van der Waals surface area contributed by atoms with Gasteiger partial charge in [-0.1, -0.05) is 32.9 Å². The van der Waals surface area contributed by atoms with Gasteiger partial charge in [-0.15, -0.1) is 0 Å². The molecule has 0 fully saturated rings. The van der Waals surface area contributed by atoms with E-state index in [1.807, 2.05) is 35.0 Å². The topological polar surface area (TPSA) is 69.0 Å². The Morgan fingerprint density at radius 2 is 1.89 bits per heavy atom. The molecule has 3 rings (SSSR count). The summed E-state index contributed by atoms with van der Waals surface area (Å²) in [6.07, 6.45) is 3.39. The van der Waals surface area contributed by atoms with Crippen molar-refractivity contribution in [2.24, 2.45) is 0 Å². The number of anilines is 1. The third kappa shape index (κ3) is 4.45. The van der Waals surface area contributed by atoms with Gasteiger partial charge in [0.2, 0.25) is 0 Å². The van der Waals surface area contributed by atoms with Gasteiger partial charge in [0.1, 0.15) is 5.75 Å². The fourth-order valence-corrected chi connectivity index (χ4v) is 2.78. The van der Waals surface area contributed by atoms with Crippen molar-refractivity contribution in [2.75, 3.05) is 11.9 Å². The molecular formula is C21H26N4O2. The third-order valence-electron chi connectivity index (χ3n) is 4.30. The molecule has 142 valence electrons. The second-order valence-electron chi connectivity index (χ2n) is 7.93. The summed E-state index contributed by atoms with van der Waals surface area (Å²) >= 11 is 0. The van der Waals surface area contributed by atoms with Gasteiger partial charge in [0, 0.05) is 11.4 Å². The van der Waals surface area contributed by atoms with E-state index in [9.17, 15) is 4.79 Å². The number of pyridine rings is 1. The number of rotatable bonds is 5. The number of hydrogen-bond acceptors (Lipinski definition) is 4. The van der Waals surface area contributed by atoms with Gasteiger partial charge in [-0.25, -0.2) is 9.67 Å². The first-order chi connectivity index (χ1) is 12.7. The van der Waals surface area contributed by atoms with Crippen LogP contribution in [-0.2, 0) is 10.2 Å². The maximum Gasteiger partial charge on any atom is 0.262 e. The molecule has 27 heavy (non-hydrogen) atoms. The zero-order chi connectivity index (χ0) is 19.6. The quantitative estimate of drug-likeness (QED) is 0.730. The van der Waals surface area contributed by atoms with Crippen LogP contribution in [0.5, 0.6) is 5.75 Å². The van der Waals surface area contributed by atoms with Crippen molar-refractivity contribution in [3.8, 4) is 5.75 Å². The molecule has 1 amide bonds. The Morgan fingerprint density at radius 1 is 1.19 bits per heavy atom. The van der Waals surface area contributed by atoms with Crippen LogP contribution in [-0.4, -0.2) is 27.3 Å². The van der Waals surface area contributed by atoms with Crippen LogP contribution in [0.2, 0.25) is 0 Å². The predicted octanol–water partition coefficient (Wildman–Crippen LogP) is 4.33. The molecule has 0 unspecified atom stereocenters. The van der Waals surface area contributed by atoms with Crippen LogP contribution < -0.4 is 10.1 Å². The number of ether oxygens (including phenoxy) is 1. The molecular weight excluding hydrogens is 340 g/mol. The Balaban J connectivity index is 1.60. The normalized spacial score (nSPS) is 11.8. The van der Waals surface area contributed by atoms with Crippen molar-refractivity contribution < 1.29 is 9.53 Å². The molecule has 0 aliphatic heterocycles. The van der Waals surface area contributed by atoms with E-state index >= 15 is 0 Å². The highest BCUT2D eigenvalue weighted by Crippen LogP contribution is 2.24. The Hall–Kier alpha value is -2.89. The van der Waals surface area contributed by atoms with E-state index in [2.05, 4.69) is 50.0 Å². The van der Waals surface area contributed by atoms with E-state index in [0.29, 0.717) is 11.4 Å². The highest BCUT2D eigenvalue weighted by Gasteiger charge is 2.13. The fourth-order valence-electron chi connectivity index (χ4n) is 2.78. The van der Waals surface area contributed by atoms with Gasteiger partial charge in [0.05, 0.1) is 18.1 Å². The molecule has 0 bridgehead atoms. The third-order valence-corrected chi connectivity index (χ3v) is 4.30. The van der Waals surface area contributed by atoms with Crippen molar-refractivity contribution in [3.63, 3.8) is 0 Å². The van der Waals surface area contributed by atoms with Gasteiger partial charge in [0.15, 0.2) is 12.3 Å². The molecule has 6 heteroatoms. The van der Waals surface area contributed by atoms with Crippen LogP contribution in [0.15, 0.2) is 42.7 Å². The van der Waals surface area contributed by atoms with Crippen molar-refractivity contribution in [1.82, 2.24) is 14.8 Å². The first-order valence-electron chi connectivity index (χ1n) is 9.10. The number of carbonyl (C=O) groups is 1. The molecule has 2 heterocycles. The lowest BCUT2D eigenvalue weighted by atomic mass is 9.87. The maximum absolute atomic E-state index is 12.2. The van der Waals surface area contributed by atoms with Crippen molar-refractivity contribution >= 4 is 22.6 Å².